The van der Waals surface area contributed by atoms with Crippen LogP contribution in [0.25, 0.3) is 0 Å². The predicted octanol–water partition coefficient (Wildman–Crippen LogP) is 2.22. The van der Waals surface area contributed by atoms with Crippen molar-refractivity contribution in [3.8, 4) is 0 Å². The van der Waals surface area contributed by atoms with Crippen LogP contribution in [0, 0.1) is 12.7 Å². The van der Waals surface area contributed by atoms with Gasteiger partial charge in [0.25, 0.3) is 0 Å². The Morgan fingerprint density at radius 3 is 2.54 bits per heavy atom. The third-order valence-electron chi connectivity index (χ3n) is 4.01. The smallest absolute Gasteiger partial charge is 0.245 e. The van der Waals surface area contributed by atoms with Crippen molar-refractivity contribution in [3.05, 3.63) is 59.9 Å². The van der Waals surface area contributed by atoms with E-state index in [0.717, 1.165) is 0 Å². The first-order valence-corrected chi connectivity index (χ1v) is 9.02. The maximum Gasteiger partial charge on any atom is 0.245 e. The van der Waals surface area contributed by atoms with Gasteiger partial charge in [-0.15, -0.1) is 0 Å². The molecule has 1 saturated heterocycles. The standard InChI is InChI=1S/C17H17FN2O3S/c1-12-11-13(7-8-15(12)18)20-10-9-16(17(20)21)19-24(22,23)14-5-3-2-4-6-14/h2-8,11,16,19H,9-10H2,1H3/t16-/m1/s1. The first-order valence-electron chi connectivity index (χ1n) is 7.53. The lowest BCUT2D eigenvalue weighted by atomic mass is 10.2. The van der Waals surface area contributed by atoms with E-state index >= 15 is 0 Å². The van der Waals surface area contributed by atoms with E-state index in [1.165, 1.54) is 29.2 Å². The molecule has 1 fully saturated rings. The number of carbonyl (C=O) groups excluding carboxylic acids is 1. The minimum absolute atomic E-state index is 0.119. The summed E-state index contributed by atoms with van der Waals surface area (Å²) in [5.41, 5.74) is 1.01. The summed E-state index contributed by atoms with van der Waals surface area (Å²) in [6, 6.07) is 11.5. The van der Waals surface area contributed by atoms with Crippen molar-refractivity contribution in [2.24, 2.45) is 0 Å². The van der Waals surface area contributed by atoms with E-state index in [2.05, 4.69) is 4.72 Å². The summed E-state index contributed by atoms with van der Waals surface area (Å²) in [4.78, 5) is 14.1. The number of nitrogens with one attached hydrogen (secondary N) is 1. The second-order valence-electron chi connectivity index (χ2n) is 5.70. The Balaban J connectivity index is 1.78. The molecule has 0 bridgehead atoms. The second-order valence-corrected chi connectivity index (χ2v) is 7.41. The molecule has 0 aliphatic carbocycles. The van der Waals surface area contributed by atoms with Gasteiger partial charge in [-0.3, -0.25) is 4.79 Å². The molecule has 0 saturated carbocycles. The van der Waals surface area contributed by atoms with Gasteiger partial charge in [-0.2, -0.15) is 4.72 Å². The number of carbonyl (C=O) groups is 1. The van der Waals surface area contributed by atoms with E-state index < -0.39 is 16.1 Å². The third kappa shape index (κ3) is 3.18. The van der Waals surface area contributed by atoms with Gasteiger partial charge in [-0.05, 0) is 49.2 Å². The molecule has 2 aromatic rings. The molecule has 3 rings (SSSR count). The average molecular weight is 348 g/mol. The Morgan fingerprint density at radius 2 is 1.88 bits per heavy atom. The summed E-state index contributed by atoms with van der Waals surface area (Å²) < 4.78 is 40.5. The number of nitrogens with zero attached hydrogens (tertiary/aromatic N) is 1. The lowest BCUT2D eigenvalue weighted by molar-refractivity contribution is -0.118. The van der Waals surface area contributed by atoms with Crippen LogP contribution in [0.5, 0.6) is 0 Å². The first kappa shape index (κ1) is 16.6. The van der Waals surface area contributed by atoms with E-state index in [0.29, 0.717) is 24.2 Å². The van der Waals surface area contributed by atoms with Gasteiger partial charge in [0.15, 0.2) is 0 Å². The normalized spacial score (nSPS) is 18.2. The molecular formula is C17H17FN2O3S. The molecule has 1 aliphatic rings. The van der Waals surface area contributed by atoms with Crippen LogP contribution in [0.2, 0.25) is 0 Å². The van der Waals surface area contributed by atoms with E-state index in [-0.39, 0.29) is 16.6 Å². The van der Waals surface area contributed by atoms with Crippen molar-refractivity contribution < 1.29 is 17.6 Å². The van der Waals surface area contributed by atoms with Gasteiger partial charge in [0.1, 0.15) is 11.9 Å². The maximum absolute atomic E-state index is 13.4. The topological polar surface area (TPSA) is 66.5 Å². The van der Waals surface area contributed by atoms with Crippen LogP contribution < -0.4 is 9.62 Å². The Morgan fingerprint density at radius 1 is 1.17 bits per heavy atom. The fourth-order valence-electron chi connectivity index (χ4n) is 2.70. The fourth-order valence-corrected chi connectivity index (χ4v) is 3.94. The summed E-state index contributed by atoms with van der Waals surface area (Å²) >= 11 is 0. The number of hydrogen-bond donors (Lipinski definition) is 1. The van der Waals surface area contributed by atoms with Gasteiger partial charge < -0.3 is 4.90 Å². The Hall–Kier alpha value is -2.25. The number of halogens is 1. The number of rotatable bonds is 4. The van der Waals surface area contributed by atoms with E-state index in [1.54, 1.807) is 31.2 Å². The Labute approximate surface area is 140 Å². The highest BCUT2D eigenvalue weighted by atomic mass is 32.2. The van der Waals surface area contributed by atoms with Crippen molar-refractivity contribution in [2.75, 3.05) is 11.4 Å². The molecule has 7 heteroatoms. The fraction of sp³-hybridized carbons (Fsp3) is 0.235. The monoisotopic (exact) mass is 348 g/mol. The van der Waals surface area contributed by atoms with Crippen LogP contribution in [0.15, 0.2) is 53.4 Å². The molecule has 2 aromatic carbocycles. The molecule has 0 radical (unpaired) electrons. The van der Waals surface area contributed by atoms with Crippen molar-refractivity contribution in [3.63, 3.8) is 0 Å². The highest BCUT2D eigenvalue weighted by Gasteiger charge is 2.35. The summed E-state index contributed by atoms with van der Waals surface area (Å²) in [5, 5.41) is 0. The van der Waals surface area contributed by atoms with E-state index in [4.69, 9.17) is 0 Å². The van der Waals surface area contributed by atoms with Crippen LogP contribution >= 0.6 is 0 Å². The minimum atomic E-state index is -3.75. The predicted molar refractivity (Wildman–Crippen MR) is 88.7 cm³/mol. The molecule has 1 aliphatic heterocycles. The molecule has 1 amide bonds. The summed E-state index contributed by atoms with van der Waals surface area (Å²) in [5.74, 6) is -0.674. The molecule has 24 heavy (non-hydrogen) atoms. The van der Waals surface area contributed by atoms with Gasteiger partial charge in [-0.1, -0.05) is 18.2 Å². The number of aryl methyl sites for hydroxylation is 1. The van der Waals surface area contributed by atoms with E-state index in [9.17, 15) is 17.6 Å². The zero-order chi connectivity index (χ0) is 17.3. The lowest BCUT2D eigenvalue weighted by Crippen LogP contribution is -2.41. The third-order valence-corrected chi connectivity index (χ3v) is 5.50. The van der Waals surface area contributed by atoms with Crippen LogP contribution in [-0.4, -0.2) is 26.9 Å². The number of benzene rings is 2. The van der Waals surface area contributed by atoms with Gasteiger partial charge in [0.2, 0.25) is 15.9 Å². The van der Waals surface area contributed by atoms with Crippen molar-refractivity contribution in [2.45, 2.75) is 24.3 Å². The van der Waals surface area contributed by atoms with Crippen LogP contribution in [0.3, 0.4) is 0 Å². The highest BCUT2D eigenvalue weighted by Crippen LogP contribution is 2.24. The van der Waals surface area contributed by atoms with Crippen molar-refractivity contribution in [1.82, 2.24) is 4.72 Å². The minimum Gasteiger partial charge on any atom is -0.311 e. The Kier molecular flexibility index (Phi) is 4.38. The molecular weight excluding hydrogens is 331 g/mol. The van der Waals surface area contributed by atoms with Crippen LogP contribution in [-0.2, 0) is 14.8 Å². The summed E-state index contributed by atoms with van der Waals surface area (Å²) in [6.07, 6.45) is 0.362. The van der Waals surface area contributed by atoms with Crippen LogP contribution in [0.4, 0.5) is 10.1 Å². The number of hydrogen-bond acceptors (Lipinski definition) is 3. The second kappa shape index (κ2) is 6.33. The largest absolute Gasteiger partial charge is 0.311 e. The van der Waals surface area contributed by atoms with E-state index in [1.807, 2.05) is 0 Å². The lowest BCUT2D eigenvalue weighted by Gasteiger charge is -2.18. The molecule has 1 N–H and O–H groups in total. The van der Waals surface area contributed by atoms with Crippen LogP contribution in [0.1, 0.15) is 12.0 Å². The quantitative estimate of drug-likeness (QED) is 0.921. The van der Waals surface area contributed by atoms with Crippen molar-refractivity contribution in [1.29, 1.82) is 0 Å². The summed E-state index contributed by atoms with van der Waals surface area (Å²) in [7, 11) is -3.75. The SMILES string of the molecule is Cc1cc(N2CC[C@@H](NS(=O)(=O)c3ccccc3)C2=O)ccc1F. The Bertz CT molecular complexity index is 869. The highest BCUT2D eigenvalue weighted by molar-refractivity contribution is 7.89. The van der Waals surface area contributed by atoms with Gasteiger partial charge >= 0.3 is 0 Å². The number of amides is 1. The molecule has 0 unspecified atom stereocenters. The molecule has 5 nitrogen and oxygen atoms in total. The summed E-state index contributed by atoms with van der Waals surface area (Å²) in [6.45, 7) is 2.00. The number of anilines is 1. The maximum atomic E-state index is 13.4. The molecule has 1 atom stereocenters. The van der Waals surface area contributed by atoms with Gasteiger partial charge in [-0.25, -0.2) is 12.8 Å². The zero-order valence-corrected chi connectivity index (χ0v) is 13.9. The molecule has 1 heterocycles. The number of sulfonamides is 1. The molecule has 126 valence electrons. The van der Waals surface area contributed by atoms with Gasteiger partial charge in [0, 0.05) is 12.2 Å². The molecule has 0 spiro atoms. The van der Waals surface area contributed by atoms with Gasteiger partial charge in [0.05, 0.1) is 4.90 Å². The van der Waals surface area contributed by atoms with Crippen molar-refractivity contribution >= 4 is 21.6 Å². The molecule has 0 aromatic heterocycles. The average Bonchev–Trinajstić information content (AvgIpc) is 2.91. The first-order chi connectivity index (χ1) is 11.4. The zero-order valence-electron chi connectivity index (χ0n) is 13.1.